The molecule has 0 saturated carbocycles. The van der Waals surface area contributed by atoms with Crippen LogP contribution in [0.5, 0.6) is 0 Å². The number of nitrogens with zero attached hydrogens (tertiary/aromatic N) is 1. The van der Waals surface area contributed by atoms with Gasteiger partial charge >= 0.3 is 5.97 Å². The van der Waals surface area contributed by atoms with Crippen molar-refractivity contribution in [2.24, 2.45) is 11.8 Å². The first-order valence-corrected chi connectivity index (χ1v) is 6.40. The molecule has 2 rings (SSSR count). The van der Waals surface area contributed by atoms with Crippen LogP contribution in [0.2, 0.25) is 0 Å². The van der Waals surface area contributed by atoms with Crippen LogP contribution in [0.4, 0.5) is 0 Å². The number of imide groups is 1. The van der Waals surface area contributed by atoms with E-state index in [0.717, 1.165) is 4.90 Å². The van der Waals surface area contributed by atoms with Crippen molar-refractivity contribution in [1.82, 2.24) is 10.2 Å². The van der Waals surface area contributed by atoms with Gasteiger partial charge in [0.25, 0.3) is 5.91 Å². The van der Waals surface area contributed by atoms with Gasteiger partial charge in [0.15, 0.2) is 0 Å². The summed E-state index contributed by atoms with van der Waals surface area (Å²) in [4.78, 5) is 47.3. The normalized spacial score (nSPS) is 29.6. The molecule has 0 aromatic rings. The van der Waals surface area contributed by atoms with Gasteiger partial charge in [0.05, 0.1) is 18.3 Å². The lowest BCUT2D eigenvalue weighted by Crippen LogP contribution is -2.46. The molecule has 0 aromatic carbocycles. The third-order valence-electron chi connectivity index (χ3n) is 3.78. The average molecular weight is 280 g/mol. The van der Waals surface area contributed by atoms with Crippen LogP contribution in [0.15, 0.2) is 12.2 Å². The van der Waals surface area contributed by atoms with Crippen molar-refractivity contribution in [3.05, 3.63) is 12.2 Å². The minimum Gasteiger partial charge on any atom is -0.481 e. The number of likely N-dealkylation sites (tertiary alicyclic amines) is 1. The molecule has 7 heteroatoms. The van der Waals surface area contributed by atoms with Gasteiger partial charge in [-0.2, -0.15) is 0 Å². The van der Waals surface area contributed by atoms with Gasteiger partial charge in [-0.25, -0.2) is 0 Å². The summed E-state index contributed by atoms with van der Waals surface area (Å²) in [6, 6.07) is -0.875. The van der Waals surface area contributed by atoms with Crippen LogP contribution in [-0.4, -0.2) is 46.8 Å². The number of carboxylic acid groups (broad SMARTS) is 1. The van der Waals surface area contributed by atoms with Crippen molar-refractivity contribution in [2.45, 2.75) is 25.3 Å². The van der Waals surface area contributed by atoms with Crippen LogP contribution < -0.4 is 5.32 Å². The molecule has 1 heterocycles. The molecule has 7 nitrogen and oxygen atoms in total. The van der Waals surface area contributed by atoms with Gasteiger partial charge in [0.1, 0.15) is 6.04 Å². The zero-order valence-electron chi connectivity index (χ0n) is 11.0. The Balaban J connectivity index is 2.04. The van der Waals surface area contributed by atoms with E-state index in [4.69, 9.17) is 5.11 Å². The van der Waals surface area contributed by atoms with Crippen molar-refractivity contribution in [3.8, 4) is 0 Å². The highest BCUT2D eigenvalue weighted by Crippen LogP contribution is 2.26. The van der Waals surface area contributed by atoms with E-state index in [-0.39, 0.29) is 12.3 Å². The van der Waals surface area contributed by atoms with Crippen molar-refractivity contribution >= 4 is 23.7 Å². The summed E-state index contributed by atoms with van der Waals surface area (Å²) in [5.74, 6) is -3.81. The van der Waals surface area contributed by atoms with Crippen LogP contribution >= 0.6 is 0 Å². The average Bonchev–Trinajstić information content (AvgIpc) is 2.66. The van der Waals surface area contributed by atoms with Crippen molar-refractivity contribution < 1.29 is 24.3 Å². The predicted octanol–water partition coefficient (Wildman–Crippen LogP) is -0.473. The lowest BCUT2D eigenvalue weighted by molar-refractivity contribution is -0.147. The van der Waals surface area contributed by atoms with E-state index in [0.29, 0.717) is 12.8 Å². The summed E-state index contributed by atoms with van der Waals surface area (Å²) in [5, 5.41) is 11.6. The molecule has 1 unspecified atom stereocenters. The molecule has 0 aromatic heterocycles. The topological polar surface area (TPSA) is 104 Å². The number of hydrogen-bond donors (Lipinski definition) is 2. The van der Waals surface area contributed by atoms with E-state index in [1.165, 1.54) is 7.05 Å². The van der Waals surface area contributed by atoms with Gasteiger partial charge in [-0.1, -0.05) is 12.2 Å². The first-order chi connectivity index (χ1) is 9.41. The maximum atomic E-state index is 12.1. The number of carbonyl (C=O) groups is 4. The Labute approximate surface area is 115 Å². The Morgan fingerprint density at radius 1 is 1.25 bits per heavy atom. The fraction of sp³-hybridized carbons (Fsp3) is 0.538. The standard InChI is InChI=1S/C13H16N2O5/c1-15-10(16)6-9(12(15)18)14-11(17)7-4-2-3-5-8(7)13(19)20/h2-3,7-9H,4-6H2,1H3,(H,14,17)(H,19,20)/t7-,8+,9?/m1/s1. The van der Waals surface area contributed by atoms with E-state index in [9.17, 15) is 19.2 Å². The van der Waals surface area contributed by atoms with Gasteiger partial charge in [0.2, 0.25) is 11.8 Å². The number of carbonyl (C=O) groups excluding carboxylic acids is 3. The molecular formula is C13H16N2O5. The fourth-order valence-electron chi connectivity index (χ4n) is 2.52. The third kappa shape index (κ3) is 2.56. The lowest BCUT2D eigenvalue weighted by atomic mass is 9.82. The molecule has 3 amide bonds. The van der Waals surface area contributed by atoms with Crippen molar-refractivity contribution in [1.29, 1.82) is 0 Å². The zero-order chi connectivity index (χ0) is 14.9. The van der Waals surface area contributed by atoms with Gasteiger partial charge in [-0.05, 0) is 12.8 Å². The molecule has 3 atom stereocenters. The highest BCUT2D eigenvalue weighted by Gasteiger charge is 2.40. The van der Waals surface area contributed by atoms with Crippen LogP contribution in [0.1, 0.15) is 19.3 Å². The highest BCUT2D eigenvalue weighted by molar-refractivity contribution is 6.06. The Morgan fingerprint density at radius 3 is 2.35 bits per heavy atom. The van der Waals surface area contributed by atoms with E-state index in [1.807, 2.05) is 0 Å². The van der Waals surface area contributed by atoms with E-state index >= 15 is 0 Å². The number of allylic oxidation sites excluding steroid dienone is 2. The van der Waals surface area contributed by atoms with Crippen molar-refractivity contribution in [2.75, 3.05) is 7.05 Å². The molecule has 2 N–H and O–H groups in total. The maximum Gasteiger partial charge on any atom is 0.307 e. The number of aliphatic carboxylic acids is 1. The van der Waals surface area contributed by atoms with E-state index in [1.54, 1.807) is 12.2 Å². The van der Waals surface area contributed by atoms with Crippen LogP contribution in [-0.2, 0) is 19.2 Å². The first-order valence-electron chi connectivity index (χ1n) is 6.40. The molecule has 1 aliphatic heterocycles. The molecule has 20 heavy (non-hydrogen) atoms. The monoisotopic (exact) mass is 280 g/mol. The van der Waals surface area contributed by atoms with Crippen LogP contribution in [0, 0.1) is 11.8 Å². The molecule has 2 aliphatic rings. The number of likely N-dealkylation sites (N-methyl/N-ethyl adjacent to an activating group) is 1. The summed E-state index contributed by atoms with van der Waals surface area (Å²) in [5.41, 5.74) is 0. The Hall–Kier alpha value is -2.18. The number of amides is 3. The Kier molecular flexibility index (Phi) is 3.87. The minimum absolute atomic E-state index is 0.0681. The fourth-order valence-corrected chi connectivity index (χ4v) is 2.52. The summed E-state index contributed by atoms with van der Waals surface area (Å²) < 4.78 is 0. The van der Waals surface area contributed by atoms with E-state index in [2.05, 4.69) is 5.32 Å². The Morgan fingerprint density at radius 2 is 1.85 bits per heavy atom. The summed E-state index contributed by atoms with van der Waals surface area (Å²) in [7, 11) is 1.36. The summed E-state index contributed by atoms with van der Waals surface area (Å²) in [6.45, 7) is 0. The lowest BCUT2D eigenvalue weighted by Gasteiger charge is -2.25. The molecule has 0 radical (unpaired) electrons. The smallest absolute Gasteiger partial charge is 0.307 e. The third-order valence-corrected chi connectivity index (χ3v) is 3.78. The molecule has 108 valence electrons. The molecule has 1 fully saturated rings. The molecule has 1 aliphatic carbocycles. The van der Waals surface area contributed by atoms with Gasteiger partial charge in [-0.3, -0.25) is 24.1 Å². The number of nitrogens with one attached hydrogen (secondary N) is 1. The quantitative estimate of drug-likeness (QED) is 0.537. The van der Waals surface area contributed by atoms with E-state index < -0.39 is 35.7 Å². The molecule has 0 spiro atoms. The SMILES string of the molecule is CN1C(=O)CC(NC(=O)[C@@H]2CC=CC[C@@H]2C(=O)O)C1=O. The van der Waals surface area contributed by atoms with Crippen molar-refractivity contribution in [3.63, 3.8) is 0 Å². The van der Waals surface area contributed by atoms with Crippen LogP contribution in [0.3, 0.4) is 0 Å². The Bertz CT molecular complexity index is 499. The predicted molar refractivity (Wildman–Crippen MR) is 67.3 cm³/mol. The van der Waals surface area contributed by atoms with Gasteiger partial charge in [0, 0.05) is 7.05 Å². The highest BCUT2D eigenvalue weighted by atomic mass is 16.4. The number of rotatable bonds is 3. The molecular weight excluding hydrogens is 264 g/mol. The summed E-state index contributed by atoms with van der Waals surface area (Å²) in [6.07, 6.45) is 4.05. The first kappa shape index (κ1) is 14.2. The number of carboxylic acids is 1. The minimum atomic E-state index is -1.03. The second kappa shape index (κ2) is 5.44. The maximum absolute atomic E-state index is 12.1. The van der Waals surface area contributed by atoms with Gasteiger partial charge < -0.3 is 10.4 Å². The van der Waals surface area contributed by atoms with Crippen LogP contribution in [0.25, 0.3) is 0 Å². The summed E-state index contributed by atoms with van der Waals surface area (Å²) >= 11 is 0. The van der Waals surface area contributed by atoms with Gasteiger partial charge in [-0.15, -0.1) is 0 Å². The second-order valence-electron chi connectivity index (χ2n) is 5.05. The number of hydrogen-bond acceptors (Lipinski definition) is 4. The molecule has 1 saturated heterocycles. The second-order valence-corrected chi connectivity index (χ2v) is 5.05. The zero-order valence-corrected chi connectivity index (χ0v) is 11.0. The largest absolute Gasteiger partial charge is 0.481 e. The molecule has 0 bridgehead atoms.